The first-order valence-corrected chi connectivity index (χ1v) is 9.22. The van der Waals surface area contributed by atoms with Crippen molar-refractivity contribution in [3.05, 3.63) is 0 Å². The van der Waals surface area contributed by atoms with E-state index in [0.29, 0.717) is 0 Å². The number of rotatable bonds is 5. The highest BCUT2D eigenvalue weighted by atomic mass is 32.2. The van der Waals surface area contributed by atoms with E-state index in [0.717, 1.165) is 0 Å². The highest BCUT2D eigenvalue weighted by molar-refractivity contribution is 7.90. The summed E-state index contributed by atoms with van der Waals surface area (Å²) < 4.78 is 36.4. The quantitative estimate of drug-likeness (QED) is 0.208. The first-order chi connectivity index (χ1) is 12.0. The number of hydrogen-bond donors (Lipinski definition) is 9. The average Bonchev–Trinajstić information content (AvgIpc) is 2.59. The average molecular weight is 405 g/mol. The number of aliphatic hydroxyl groups excluding tert-OH is 8. The third-order valence-corrected chi connectivity index (χ3v) is 5.96. The SMILES string of the molecule is O=S(=O)(N[C@@H]1[C@@H](O)[C@H](O)[C@@H](CO)O[C@@H]1O)[C@@H]1O[C@H](CO)[C@@H](O)[C@H](O)[C@H]1O. The van der Waals surface area contributed by atoms with Gasteiger partial charge in [0.15, 0.2) is 6.29 Å². The van der Waals surface area contributed by atoms with Gasteiger partial charge in [0.2, 0.25) is 15.5 Å². The third-order valence-electron chi connectivity index (χ3n) is 4.35. The summed E-state index contributed by atoms with van der Waals surface area (Å²) in [5.74, 6) is 0. The summed E-state index contributed by atoms with van der Waals surface area (Å²) in [5.41, 5.74) is -2.16. The topological polar surface area (TPSA) is 226 Å². The minimum Gasteiger partial charge on any atom is -0.394 e. The fraction of sp³-hybridized carbons (Fsp3) is 1.00. The first-order valence-electron chi connectivity index (χ1n) is 7.67. The van der Waals surface area contributed by atoms with E-state index in [-0.39, 0.29) is 0 Å². The van der Waals surface area contributed by atoms with Gasteiger partial charge < -0.3 is 50.3 Å². The van der Waals surface area contributed by atoms with Crippen molar-refractivity contribution in [1.82, 2.24) is 4.72 Å². The predicted molar refractivity (Wildman–Crippen MR) is 79.6 cm³/mol. The lowest BCUT2D eigenvalue weighted by atomic mass is 9.98. The minimum atomic E-state index is -4.72. The summed E-state index contributed by atoms with van der Waals surface area (Å²) in [5, 5.41) is 76.9. The van der Waals surface area contributed by atoms with Crippen molar-refractivity contribution >= 4 is 10.0 Å². The van der Waals surface area contributed by atoms with Crippen molar-refractivity contribution in [1.29, 1.82) is 0 Å². The van der Waals surface area contributed by atoms with Crippen molar-refractivity contribution in [3.63, 3.8) is 0 Å². The Morgan fingerprint density at radius 2 is 1.23 bits per heavy atom. The van der Waals surface area contributed by atoms with Gasteiger partial charge in [0, 0.05) is 0 Å². The lowest BCUT2D eigenvalue weighted by Gasteiger charge is -2.42. The normalized spacial score (nSPS) is 47.7. The summed E-state index contributed by atoms with van der Waals surface area (Å²) in [4.78, 5) is 0. The smallest absolute Gasteiger partial charge is 0.242 e. The lowest BCUT2D eigenvalue weighted by Crippen LogP contribution is -2.67. The first kappa shape index (κ1) is 21.8. The van der Waals surface area contributed by atoms with Crippen molar-refractivity contribution in [2.45, 2.75) is 60.5 Å². The van der Waals surface area contributed by atoms with Gasteiger partial charge in [-0.2, -0.15) is 0 Å². The zero-order valence-electron chi connectivity index (χ0n) is 13.3. The maximum Gasteiger partial charge on any atom is 0.242 e. The van der Waals surface area contributed by atoms with E-state index in [1.807, 2.05) is 0 Å². The summed E-state index contributed by atoms with van der Waals surface area (Å²) in [6.07, 6.45) is -14.2. The van der Waals surface area contributed by atoms with E-state index in [9.17, 15) is 39.1 Å². The predicted octanol–water partition coefficient (Wildman–Crippen LogP) is -6.49. The minimum absolute atomic E-state index is 0.749. The third kappa shape index (κ3) is 4.01. The van der Waals surface area contributed by atoms with Gasteiger partial charge in [-0.15, -0.1) is 0 Å². The van der Waals surface area contributed by atoms with Crippen molar-refractivity contribution in [3.8, 4) is 0 Å². The standard InChI is InChI=1S/C12H23NO12S/c14-1-3-6(16)8(18)5(11(21)24-3)13-26(22,23)12-10(20)9(19)7(17)4(2-15)25-12/h3-21H,1-2H2/t3-,4-,5-,6-,7-,8-,9+,10-,11+,12+/m1/s1. The molecule has 2 fully saturated rings. The molecule has 0 radical (unpaired) electrons. The van der Waals surface area contributed by atoms with Crippen LogP contribution in [0.5, 0.6) is 0 Å². The molecule has 154 valence electrons. The van der Waals surface area contributed by atoms with Gasteiger partial charge in [-0.1, -0.05) is 0 Å². The van der Waals surface area contributed by atoms with Crippen LogP contribution >= 0.6 is 0 Å². The van der Waals surface area contributed by atoms with Gasteiger partial charge in [0.1, 0.15) is 48.8 Å². The van der Waals surface area contributed by atoms with Gasteiger partial charge in [-0.3, -0.25) is 0 Å². The molecule has 0 spiro atoms. The van der Waals surface area contributed by atoms with Crippen LogP contribution in [0.15, 0.2) is 0 Å². The molecular formula is C12H23NO12S. The molecule has 2 aliphatic rings. The van der Waals surface area contributed by atoms with E-state index >= 15 is 0 Å². The second-order valence-corrected chi connectivity index (χ2v) is 7.91. The number of ether oxygens (including phenoxy) is 2. The van der Waals surface area contributed by atoms with Crippen molar-refractivity contribution in [2.75, 3.05) is 13.2 Å². The van der Waals surface area contributed by atoms with E-state index in [2.05, 4.69) is 0 Å². The summed E-state index contributed by atoms with van der Waals surface area (Å²) in [6.45, 7) is -1.60. The summed E-state index contributed by atoms with van der Waals surface area (Å²) >= 11 is 0. The second kappa shape index (κ2) is 8.26. The molecule has 2 rings (SSSR count). The molecule has 9 N–H and O–H groups in total. The molecule has 2 saturated heterocycles. The molecule has 13 nitrogen and oxygen atoms in total. The molecule has 0 saturated carbocycles. The van der Waals surface area contributed by atoms with E-state index in [1.54, 1.807) is 4.72 Å². The largest absolute Gasteiger partial charge is 0.394 e. The van der Waals surface area contributed by atoms with Crippen LogP contribution in [0.3, 0.4) is 0 Å². The Morgan fingerprint density at radius 1 is 0.731 bits per heavy atom. The van der Waals surface area contributed by atoms with Crippen LogP contribution in [0, 0.1) is 0 Å². The Balaban J connectivity index is 2.19. The molecule has 0 aromatic carbocycles. The van der Waals surface area contributed by atoms with E-state index < -0.39 is 83.7 Å². The zero-order chi connectivity index (χ0) is 19.8. The van der Waals surface area contributed by atoms with E-state index in [1.165, 1.54) is 0 Å². The molecule has 0 aromatic heterocycles. The van der Waals surface area contributed by atoms with Gasteiger partial charge in [0.25, 0.3) is 0 Å². The second-order valence-electron chi connectivity index (χ2n) is 6.11. The molecule has 10 atom stereocenters. The molecule has 2 heterocycles. The summed E-state index contributed by atoms with van der Waals surface area (Å²) in [6, 6.07) is -1.79. The van der Waals surface area contributed by atoms with Gasteiger partial charge in [0.05, 0.1) is 13.2 Å². The number of aliphatic hydroxyl groups is 8. The molecule has 0 amide bonds. The highest BCUT2D eigenvalue weighted by Gasteiger charge is 2.52. The van der Waals surface area contributed by atoms with Crippen molar-refractivity contribution in [2.24, 2.45) is 0 Å². The van der Waals surface area contributed by atoms with Crippen LogP contribution in [0.4, 0.5) is 0 Å². The molecule has 0 unspecified atom stereocenters. The molecule has 0 aliphatic carbocycles. The van der Waals surface area contributed by atoms with Gasteiger partial charge >= 0.3 is 0 Å². The maximum atomic E-state index is 12.4. The monoisotopic (exact) mass is 405 g/mol. The lowest BCUT2D eigenvalue weighted by molar-refractivity contribution is -0.251. The molecule has 0 bridgehead atoms. The molecule has 26 heavy (non-hydrogen) atoms. The Morgan fingerprint density at radius 3 is 1.77 bits per heavy atom. The molecular weight excluding hydrogens is 382 g/mol. The van der Waals surface area contributed by atoms with Crippen LogP contribution in [0.2, 0.25) is 0 Å². The number of nitrogens with one attached hydrogen (secondary N) is 1. The Bertz CT molecular complexity index is 573. The summed E-state index contributed by atoms with van der Waals surface area (Å²) in [7, 11) is -4.72. The van der Waals surface area contributed by atoms with Crippen LogP contribution in [-0.2, 0) is 19.5 Å². The van der Waals surface area contributed by atoms with Crippen LogP contribution in [-0.4, -0.2) is 123 Å². The fourth-order valence-electron chi connectivity index (χ4n) is 2.80. The Labute approximate surface area is 148 Å². The van der Waals surface area contributed by atoms with E-state index in [4.69, 9.17) is 19.7 Å². The maximum absolute atomic E-state index is 12.4. The van der Waals surface area contributed by atoms with Crippen LogP contribution in [0.1, 0.15) is 0 Å². The van der Waals surface area contributed by atoms with Gasteiger partial charge in [-0.25, -0.2) is 13.1 Å². The van der Waals surface area contributed by atoms with Crippen molar-refractivity contribution < 1.29 is 58.7 Å². The highest BCUT2D eigenvalue weighted by Crippen LogP contribution is 2.26. The number of sulfonamides is 1. The van der Waals surface area contributed by atoms with Crippen LogP contribution in [0.25, 0.3) is 0 Å². The molecule has 14 heteroatoms. The molecule has 2 aliphatic heterocycles. The van der Waals surface area contributed by atoms with Crippen LogP contribution < -0.4 is 4.72 Å². The Kier molecular flexibility index (Phi) is 6.92. The van der Waals surface area contributed by atoms with Gasteiger partial charge in [-0.05, 0) is 0 Å². The Hall–Kier alpha value is -0.490. The molecule has 0 aromatic rings. The fourth-order valence-corrected chi connectivity index (χ4v) is 4.39. The zero-order valence-corrected chi connectivity index (χ0v) is 14.1. The number of hydrogen-bond acceptors (Lipinski definition) is 12.